The van der Waals surface area contributed by atoms with E-state index >= 15 is 0 Å². The Hall–Kier alpha value is -1.88. The monoisotopic (exact) mass is 335 g/mol. The third kappa shape index (κ3) is 4.32. The van der Waals surface area contributed by atoms with Gasteiger partial charge in [-0.05, 0) is 25.0 Å². The molecule has 6 heteroatoms. The van der Waals surface area contributed by atoms with Crippen molar-refractivity contribution in [1.29, 1.82) is 0 Å². The number of amides is 1. The number of nitrogens with zero attached hydrogens (tertiary/aromatic N) is 3. The number of hydrogen-bond donors (Lipinski definition) is 0. The van der Waals surface area contributed by atoms with E-state index < -0.39 is 0 Å². The number of hydrogen-bond acceptors (Lipinski definition) is 4. The van der Waals surface area contributed by atoms with E-state index in [1.807, 2.05) is 39.1 Å². The van der Waals surface area contributed by atoms with Crippen molar-refractivity contribution in [2.75, 3.05) is 13.6 Å². The van der Waals surface area contributed by atoms with E-state index in [1.54, 1.807) is 11.0 Å². The van der Waals surface area contributed by atoms with Crippen LogP contribution >= 0.6 is 11.6 Å². The zero-order valence-corrected chi connectivity index (χ0v) is 14.5. The first-order chi connectivity index (χ1) is 11.1. The minimum atomic E-state index is 0.0870. The van der Waals surface area contributed by atoms with Gasteiger partial charge in [0.1, 0.15) is 0 Å². The smallest absolute Gasteiger partial charge is 0.259 e. The van der Waals surface area contributed by atoms with Crippen molar-refractivity contribution in [3.05, 3.63) is 35.1 Å². The first-order valence-corrected chi connectivity index (χ1v) is 8.27. The highest BCUT2D eigenvalue weighted by molar-refractivity contribution is 6.33. The molecule has 0 aliphatic heterocycles. The highest BCUT2D eigenvalue weighted by Crippen LogP contribution is 2.25. The summed E-state index contributed by atoms with van der Waals surface area (Å²) in [5, 5.41) is 4.54. The third-order valence-corrected chi connectivity index (χ3v) is 4.28. The summed E-state index contributed by atoms with van der Waals surface area (Å²) in [7, 11) is 1.82. The fourth-order valence-electron chi connectivity index (χ4n) is 2.43. The number of likely N-dealkylation sites (N-methyl/N-ethyl adjacent to an activating group) is 1. The van der Waals surface area contributed by atoms with Crippen LogP contribution in [0.25, 0.3) is 11.5 Å². The van der Waals surface area contributed by atoms with Crippen molar-refractivity contribution in [2.24, 2.45) is 5.92 Å². The molecule has 0 N–H and O–H groups in total. The summed E-state index contributed by atoms with van der Waals surface area (Å²) in [5.74, 6) is 1.23. The second kappa shape index (κ2) is 8.11. The molecule has 2 rings (SSSR count). The highest BCUT2D eigenvalue weighted by atomic mass is 35.5. The molecule has 1 amide bonds. The van der Waals surface area contributed by atoms with Crippen LogP contribution in [0.1, 0.15) is 32.5 Å². The summed E-state index contributed by atoms with van der Waals surface area (Å²) in [6.45, 7) is 4.64. The van der Waals surface area contributed by atoms with E-state index in [2.05, 4.69) is 10.1 Å². The SMILES string of the molecule is CCC(CC)C(=O)N(C)CCc1noc(-c2ccccc2Cl)n1. The normalized spacial score (nSPS) is 11.0. The van der Waals surface area contributed by atoms with Gasteiger partial charge in [0, 0.05) is 25.9 Å². The van der Waals surface area contributed by atoms with E-state index in [0.717, 1.165) is 18.4 Å². The van der Waals surface area contributed by atoms with Gasteiger partial charge in [-0.1, -0.05) is 42.7 Å². The van der Waals surface area contributed by atoms with Crippen molar-refractivity contribution in [3.63, 3.8) is 0 Å². The predicted octanol–water partition coefficient (Wildman–Crippen LogP) is 3.83. The standard InChI is InChI=1S/C17H22ClN3O2/c1-4-12(5-2)17(22)21(3)11-10-15-19-16(23-20-15)13-8-6-7-9-14(13)18/h6-9,12H,4-5,10-11H2,1-3H3. The van der Waals surface area contributed by atoms with Gasteiger partial charge in [-0.2, -0.15) is 4.98 Å². The summed E-state index contributed by atoms with van der Waals surface area (Å²) >= 11 is 6.12. The quantitative estimate of drug-likeness (QED) is 0.771. The summed E-state index contributed by atoms with van der Waals surface area (Å²) in [6.07, 6.45) is 2.27. The lowest BCUT2D eigenvalue weighted by atomic mass is 10.0. The molecule has 5 nitrogen and oxygen atoms in total. The van der Waals surface area contributed by atoms with Gasteiger partial charge in [0.05, 0.1) is 10.6 Å². The molecule has 0 unspecified atom stereocenters. The Morgan fingerprint density at radius 3 is 2.65 bits per heavy atom. The molecule has 0 aliphatic carbocycles. The Kier molecular flexibility index (Phi) is 6.16. The van der Waals surface area contributed by atoms with E-state index in [-0.39, 0.29) is 11.8 Å². The lowest BCUT2D eigenvalue weighted by Crippen LogP contribution is -2.34. The second-order valence-electron chi connectivity index (χ2n) is 5.52. The van der Waals surface area contributed by atoms with Crippen LogP contribution in [-0.4, -0.2) is 34.5 Å². The van der Waals surface area contributed by atoms with Crippen molar-refractivity contribution in [2.45, 2.75) is 33.1 Å². The summed E-state index contributed by atoms with van der Waals surface area (Å²) in [6, 6.07) is 7.33. The Morgan fingerprint density at radius 1 is 1.30 bits per heavy atom. The first-order valence-electron chi connectivity index (χ1n) is 7.89. The van der Waals surface area contributed by atoms with Gasteiger partial charge in [0.15, 0.2) is 5.82 Å². The van der Waals surface area contributed by atoms with Crippen LogP contribution < -0.4 is 0 Å². The minimum absolute atomic E-state index is 0.0870. The number of halogens is 1. The van der Waals surface area contributed by atoms with Gasteiger partial charge in [-0.25, -0.2) is 0 Å². The van der Waals surface area contributed by atoms with Crippen molar-refractivity contribution in [3.8, 4) is 11.5 Å². The van der Waals surface area contributed by atoms with E-state index in [1.165, 1.54) is 0 Å². The van der Waals surface area contributed by atoms with Gasteiger partial charge in [0.25, 0.3) is 5.89 Å². The number of benzene rings is 1. The molecule has 0 fully saturated rings. The maximum Gasteiger partial charge on any atom is 0.259 e. The predicted molar refractivity (Wildman–Crippen MR) is 90.2 cm³/mol. The lowest BCUT2D eigenvalue weighted by molar-refractivity contribution is -0.134. The topological polar surface area (TPSA) is 59.2 Å². The maximum atomic E-state index is 12.2. The van der Waals surface area contributed by atoms with Gasteiger partial charge < -0.3 is 9.42 Å². The molecule has 0 radical (unpaired) electrons. The van der Waals surface area contributed by atoms with Crippen molar-refractivity contribution in [1.82, 2.24) is 15.0 Å². The summed E-state index contributed by atoms with van der Waals surface area (Å²) in [5.41, 5.74) is 0.717. The molecule has 0 aliphatic rings. The molecule has 1 heterocycles. The third-order valence-electron chi connectivity index (χ3n) is 3.95. The molecule has 1 aromatic carbocycles. The number of carbonyl (C=O) groups excluding carboxylic acids is 1. The molecule has 0 bridgehead atoms. The molecule has 0 atom stereocenters. The summed E-state index contributed by atoms with van der Waals surface area (Å²) in [4.78, 5) is 18.3. The van der Waals surface area contributed by atoms with Crippen LogP contribution in [0.5, 0.6) is 0 Å². The van der Waals surface area contributed by atoms with Crippen LogP contribution in [0, 0.1) is 5.92 Å². The fourth-order valence-corrected chi connectivity index (χ4v) is 2.64. The number of rotatable bonds is 7. The Balaban J connectivity index is 1.98. The largest absolute Gasteiger partial charge is 0.345 e. The second-order valence-corrected chi connectivity index (χ2v) is 5.93. The first kappa shape index (κ1) is 17.5. The van der Waals surface area contributed by atoms with Crippen LogP contribution in [0.3, 0.4) is 0 Å². The molecule has 0 saturated heterocycles. The van der Waals surface area contributed by atoms with Gasteiger partial charge in [-0.15, -0.1) is 0 Å². The van der Waals surface area contributed by atoms with Gasteiger partial charge in [-0.3, -0.25) is 4.79 Å². The highest BCUT2D eigenvalue weighted by Gasteiger charge is 2.19. The molecular formula is C17H22ClN3O2. The van der Waals surface area contributed by atoms with Crippen molar-refractivity contribution < 1.29 is 9.32 Å². The molecule has 124 valence electrons. The fraction of sp³-hybridized carbons (Fsp3) is 0.471. The Bertz CT molecular complexity index is 653. The van der Waals surface area contributed by atoms with Gasteiger partial charge >= 0.3 is 0 Å². The molecule has 0 saturated carbocycles. The Morgan fingerprint density at radius 2 is 2.00 bits per heavy atom. The van der Waals surface area contributed by atoms with E-state index in [9.17, 15) is 4.79 Å². The van der Waals surface area contributed by atoms with Gasteiger partial charge in [0.2, 0.25) is 5.91 Å². The minimum Gasteiger partial charge on any atom is -0.345 e. The van der Waals surface area contributed by atoms with Crippen LogP contribution in [0.2, 0.25) is 5.02 Å². The number of carbonyl (C=O) groups is 1. The molecular weight excluding hydrogens is 314 g/mol. The van der Waals surface area contributed by atoms with Crippen molar-refractivity contribution >= 4 is 17.5 Å². The molecule has 1 aromatic heterocycles. The maximum absolute atomic E-state index is 12.2. The zero-order valence-electron chi connectivity index (χ0n) is 13.8. The average Bonchev–Trinajstić information content (AvgIpc) is 3.02. The molecule has 23 heavy (non-hydrogen) atoms. The number of aromatic nitrogens is 2. The summed E-state index contributed by atoms with van der Waals surface area (Å²) < 4.78 is 5.27. The van der Waals surface area contributed by atoms with E-state index in [0.29, 0.717) is 29.7 Å². The van der Waals surface area contributed by atoms with Crippen LogP contribution in [0.15, 0.2) is 28.8 Å². The zero-order chi connectivity index (χ0) is 16.8. The molecule has 0 spiro atoms. The molecule has 2 aromatic rings. The average molecular weight is 336 g/mol. The Labute approximate surface area is 141 Å². The van der Waals surface area contributed by atoms with Crippen LogP contribution in [-0.2, 0) is 11.2 Å². The lowest BCUT2D eigenvalue weighted by Gasteiger charge is -2.21. The van der Waals surface area contributed by atoms with E-state index in [4.69, 9.17) is 16.1 Å². The van der Waals surface area contributed by atoms with Crippen LogP contribution in [0.4, 0.5) is 0 Å².